The molecule has 0 fully saturated rings. The minimum absolute atomic E-state index is 0.0989. The van der Waals surface area contributed by atoms with E-state index in [4.69, 9.17) is 18.9 Å². The summed E-state index contributed by atoms with van der Waals surface area (Å²) in [5, 5.41) is 10.0. The van der Waals surface area contributed by atoms with Crippen LogP contribution in [0.4, 0.5) is 0 Å². The molecule has 176 valence electrons. The molecule has 32 heavy (non-hydrogen) atoms. The smallest absolute Gasteiger partial charge is 0.164 e. The van der Waals surface area contributed by atoms with Crippen molar-refractivity contribution >= 4 is 0 Å². The summed E-state index contributed by atoms with van der Waals surface area (Å²) in [4.78, 5) is 0. The molecule has 5 heteroatoms. The second-order valence-corrected chi connectivity index (χ2v) is 8.04. The van der Waals surface area contributed by atoms with Crippen molar-refractivity contribution in [2.24, 2.45) is 0 Å². The maximum atomic E-state index is 10.0. The first-order chi connectivity index (χ1) is 15.4. The molecule has 0 amide bonds. The fourth-order valence-electron chi connectivity index (χ4n) is 3.76. The van der Waals surface area contributed by atoms with Crippen LogP contribution in [0.1, 0.15) is 62.3 Å². The molecule has 0 spiro atoms. The average Bonchev–Trinajstić information content (AvgIpc) is 2.78. The number of hydrogen-bond acceptors (Lipinski definition) is 5. The van der Waals surface area contributed by atoms with Crippen molar-refractivity contribution in [2.45, 2.75) is 65.1 Å². The maximum Gasteiger partial charge on any atom is 0.164 e. The van der Waals surface area contributed by atoms with Crippen molar-refractivity contribution in [3.05, 3.63) is 59.7 Å². The third-order valence-electron chi connectivity index (χ3n) is 5.46. The number of phenols is 1. The molecular weight excluding hydrogens is 404 g/mol. The number of hydrogen-bond donors (Lipinski definition) is 1. The third-order valence-corrected chi connectivity index (χ3v) is 5.46. The molecule has 5 nitrogen and oxygen atoms in total. The number of aromatic hydroxyl groups is 1. The summed E-state index contributed by atoms with van der Waals surface area (Å²) >= 11 is 0. The van der Waals surface area contributed by atoms with E-state index in [0.717, 1.165) is 36.0 Å². The summed E-state index contributed by atoms with van der Waals surface area (Å²) in [5.74, 6) is 1.91. The number of methoxy groups -OCH3 is 2. The number of phenolic OH excluding ortho intramolecular Hbond substituents is 1. The van der Waals surface area contributed by atoms with Crippen molar-refractivity contribution in [3.63, 3.8) is 0 Å². The zero-order valence-electron chi connectivity index (χ0n) is 20.1. The van der Waals surface area contributed by atoms with Gasteiger partial charge in [-0.05, 0) is 61.6 Å². The van der Waals surface area contributed by atoms with Crippen LogP contribution in [-0.2, 0) is 11.2 Å². The minimum atomic E-state index is -0.330. The van der Waals surface area contributed by atoms with Crippen LogP contribution in [0, 0.1) is 6.92 Å². The van der Waals surface area contributed by atoms with Gasteiger partial charge in [0.2, 0.25) is 0 Å². The maximum absolute atomic E-state index is 10.0. The number of allylic oxidation sites excluding steroid dienone is 1. The number of rotatable bonds is 14. The average molecular weight is 443 g/mol. The lowest BCUT2D eigenvalue weighted by Crippen LogP contribution is -2.25. The third kappa shape index (κ3) is 6.92. The molecule has 0 saturated carbocycles. The van der Waals surface area contributed by atoms with Crippen molar-refractivity contribution in [1.29, 1.82) is 0 Å². The van der Waals surface area contributed by atoms with Crippen molar-refractivity contribution in [3.8, 4) is 23.0 Å². The summed E-state index contributed by atoms with van der Waals surface area (Å²) in [6, 6.07) is 9.37. The van der Waals surface area contributed by atoms with Gasteiger partial charge in [0.05, 0.1) is 14.2 Å². The Bertz CT molecular complexity index is 861. The Kier molecular flexibility index (Phi) is 10.4. The highest BCUT2D eigenvalue weighted by Gasteiger charge is 2.25. The number of ether oxygens (including phenoxy) is 4. The largest absolute Gasteiger partial charge is 0.504 e. The quantitative estimate of drug-likeness (QED) is 0.265. The van der Waals surface area contributed by atoms with Gasteiger partial charge in [0.15, 0.2) is 23.0 Å². The first kappa shape index (κ1) is 25.6. The van der Waals surface area contributed by atoms with Crippen LogP contribution in [0.5, 0.6) is 23.0 Å². The molecule has 2 rings (SSSR count). The summed E-state index contributed by atoms with van der Waals surface area (Å²) in [6.45, 7) is 10.7. The van der Waals surface area contributed by atoms with E-state index in [-0.39, 0.29) is 18.0 Å². The molecular formula is C27H38O5. The molecule has 0 bridgehead atoms. The molecule has 2 aromatic rings. The van der Waals surface area contributed by atoms with Crippen LogP contribution in [-0.4, -0.2) is 32.0 Å². The fourth-order valence-corrected chi connectivity index (χ4v) is 3.76. The zero-order chi connectivity index (χ0) is 23.5. The molecule has 2 atom stereocenters. The van der Waals surface area contributed by atoms with Gasteiger partial charge >= 0.3 is 0 Å². The number of unbranched alkanes of at least 4 members (excludes halogenated alkanes) is 3. The Labute approximate surface area is 193 Å². The van der Waals surface area contributed by atoms with Gasteiger partial charge in [-0.2, -0.15) is 0 Å². The van der Waals surface area contributed by atoms with Gasteiger partial charge in [-0.15, -0.1) is 6.58 Å². The molecule has 0 heterocycles. The zero-order valence-corrected chi connectivity index (χ0v) is 20.1. The number of aryl methyl sites for hydroxylation is 1. The Morgan fingerprint density at radius 2 is 1.78 bits per heavy atom. The lowest BCUT2D eigenvalue weighted by atomic mass is 10.0. The van der Waals surface area contributed by atoms with Crippen molar-refractivity contribution in [1.82, 2.24) is 0 Å². The molecule has 0 aliphatic rings. The van der Waals surface area contributed by atoms with E-state index in [1.165, 1.54) is 12.8 Å². The number of benzene rings is 2. The van der Waals surface area contributed by atoms with E-state index in [9.17, 15) is 5.11 Å². The van der Waals surface area contributed by atoms with Crippen LogP contribution in [0.15, 0.2) is 43.0 Å². The van der Waals surface area contributed by atoms with Crippen LogP contribution < -0.4 is 14.2 Å². The fraction of sp³-hybridized carbons (Fsp3) is 0.481. The summed E-state index contributed by atoms with van der Waals surface area (Å²) in [6.07, 6.45) is 6.51. The summed E-state index contributed by atoms with van der Waals surface area (Å²) in [7, 11) is 3.19. The highest BCUT2D eigenvalue weighted by Crippen LogP contribution is 2.37. The Morgan fingerprint density at radius 1 is 1.03 bits per heavy atom. The highest BCUT2D eigenvalue weighted by molar-refractivity contribution is 5.49. The van der Waals surface area contributed by atoms with E-state index < -0.39 is 0 Å². The molecule has 0 aromatic heterocycles. The van der Waals surface area contributed by atoms with Crippen molar-refractivity contribution < 1.29 is 24.1 Å². The van der Waals surface area contributed by atoms with Gasteiger partial charge in [0.1, 0.15) is 12.2 Å². The summed E-state index contributed by atoms with van der Waals surface area (Å²) < 4.78 is 23.7. The Morgan fingerprint density at radius 3 is 2.44 bits per heavy atom. The molecule has 0 radical (unpaired) electrons. The van der Waals surface area contributed by atoms with Crippen LogP contribution in [0.2, 0.25) is 0 Å². The van der Waals surface area contributed by atoms with Gasteiger partial charge < -0.3 is 24.1 Å². The molecule has 0 saturated heterocycles. The van der Waals surface area contributed by atoms with Gasteiger partial charge in [-0.3, -0.25) is 0 Å². The standard InChI is InChI=1S/C27H38O5/c1-7-9-10-11-15-31-27(22-13-14-23(28)24(18-22)29-5)20(4)32-26-19(3)16-21(12-8-2)17-25(26)30-6/h8,13-14,16-18,20,27-28H,2,7,9-12,15H2,1,3-6H3. The Balaban J connectivity index is 2.29. The van der Waals surface area contributed by atoms with E-state index in [1.807, 2.05) is 38.1 Å². The SMILES string of the molecule is C=CCc1cc(C)c(OC(C)C(OCCCCCC)c2ccc(O)c(OC)c2)c(OC)c1. The van der Waals surface area contributed by atoms with Crippen LogP contribution in [0.25, 0.3) is 0 Å². The highest BCUT2D eigenvalue weighted by atomic mass is 16.6. The first-order valence-electron chi connectivity index (χ1n) is 11.4. The molecule has 0 aliphatic heterocycles. The molecule has 1 N–H and O–H groups in total. The summed E-state index contributed by atoms with van der Waals surface area (Å²) in [5.41, 5.74) is 3.02. The van der Waals surface area contributed by atoms with Gasteiger partial charge in [-0.25, -0.2) is 0 Å². The Hall–Kier alpha value is -2.66. The van der Waals surface area contributed by atoms with E-state index in [1.54, 1.807) is 20.3 Å². The van der Waals surface area contributed by atoms with Crippen LogP contribution in [0.3, 0.4) is 0 Å². The monoisotopic (exact) mass is 442 g/mol. The van der Waals surface area contributed by atoms with Gasteiger partial charge in [-0.1, -0.05) is 44.4 Å². The molecule has 0 aliphatic carbocycles. The second-order valence-electron chi connectivity index (χ2n) is 8.04. The second kappa shape index (κ2) is 13.0. The predicted octanol–water partition coefficient (Wildman–Crippen LogP) is 6.55. The molecule has 2 aromatic carbocycles. The normalized spacial score (nSPS) is 12.8. The minimum Gasteiger partial charge on any atom is -0.504 e. The topological polar surface area (TPSA) is 57.2 Å². The molecule has 2 unspecified atom stereocenters. The first-order valence-corrected chi connectivity index (χ1v) is 11.4. The lowest BCUT2D eigenvalue weighted by Gasteiger charge is -2.28. The van der Waals surface area contributed by atoms with E-state index in [2.05, 4.69) is 19.6 Å². The van der Waals surface area contributed by atoms with Gasteiger partial charge in [0.25, 0.3) is 0 Å². The van der Waals surface area contributed by atoms with E-state index in [0.29, 0.717) is 23.9 Å². The van der Waals surface area contributed by atoms with Crippen molar-refractivity contribution in [2.75, 3.05) is 20.8 Å². The van der Waals surface area contributed by atoms with E-state index >= 15 is 0 Å². The van der Waals surface area contributed by atoms with Gasteiger partial charge in [0, 0.05) is 6.61 Å². The lowest BCUT2D eigenvalue weighted by molar-refractivity contribution is -0.0229. The predicted molar refractivity (Wildman–Crippen MR) is 129 cm³/mol. The van der Waals surface area contributed by atoms with Crippen LogP contribution >= 0.6 is 0 Å².